The Labute approximate surface area is 175 Å². The largest absolute Gasteiger partial charge is 0.352 e. The van der Waals surface area contributed by atoms with E-state index in [0.29, 0.717) is 19.4 Å². The molecule has 1 fully saturated rings. The lowest BCUT2D eigenvalue weighted by Gasteiger charge is -2.40. The molecular weight excluding hydrogens is 380 g/mol. The van der Waals surface area contributed by atoms with E-state index in [1.807, 2.05) is 83.9 Å². The van der Waals surface area contributed by atoms with Crippen molar-refractivity contribution in [3.8, 4) is 0 Å². The van der Waals surface area contributed by atoms with Crippen molar-refractivity contribution in [1.82, 2.24) is 5.32 Å². The van der Waals surface area contributed by atoms with E-state index >= 15 is 0 Å². The molecule has 0 aliphatic carbocycles. The summed E-state index contributed by atoms with van der Waals surface area (Å²) in [5, 5.41) is 5.08. The molecule has 0 spiro atoms. The summed E-state index contributed by atoms with van der Waals surface area (Å²) in [5.41, 5.74) is 3.05. The number of nitrogens with zero attached hydrogens (tertiary/aromatic N) is 1. The average Bonchev–Trinajstić information content (AvgIpc) is 3.28. The standard InChI is InChI=1S/C24H24N2O2S/c1-17-9-11-19(12-10-17)26-22(27)14-13-20(23(26)21-8-5-15-29-21)24(28)25-16-18-6-3-2-4-7-18/h2-12,15,20,23H,13-14,16H2,1H3,(H,25,28)/t20-,23+/m0/s1. The minimum atomic E-state index is -0.283. The summed E-state index contributed by atoms with van der Waals surface area (Å²) in [7, 11) is 0. The molecule has 2 atom stereocenters. The number of carbonyl (C=O) groups is 2. The third-order valence-electron chi connectivity index (χ3n) is 5.39. The monoisotopic (exact) mass is 404 g/mol. The van der Waals surface area contributed by atoms with Crippen LogP contribution in [0.2, 0.25) is 0 Å². The van der Waals surface area contributed by atoms with Crippen LogP contribution in [-0.2, 0) is 16.1 Å². The Hall–Kier alpha value is -2.92. The van der Waals surface area contributed by atoms with Gasteiger partial charge in [0.1, 0.15) is 0 Å². The van der Waals surface area contributed by atoms with Gasteiger partial charge in [0.05, 0.1) is 12.0 Å². The molecule has 0 radical (unpaired) electrons. The zero-order valence-electron chi connectivity index (χ0n) is 16.4. The third kappa shape index (κ3) is 4.25. The quantitative estimate of drug-likeness (QED) is 0.660. The molecule has 1 N–H and O–H groups in total. The minimum absolute atomic E-state index is 0.00290. The van der Waals surface area contributed by atoms with Crippen molar-refractivity contribution in [2.24, 2.45) is 5.92 Å². The number of piperidine rings is 1. The SMILES string of the molecule is Cc1ccc(N2C(=O)CC[C@H](C(=O)NCc3ccccc3)[C@@H]2c2cccs2)cc1. The molecule has 0 unspecified atom stereocenters. The zero-order chi connectivity index (χ0) is 20.2. The van der Waals surface area contributed by atoms with Crippen LogP contribution >= 0.6 is 11.3 Å². The van der Waals surface area contributed by atoms with Gasteiger partial charge in [-0.3, -0.25) is 9.59 Å². The number of hydrogen-bond acceptors (Lipinski definition) is 3. The molecule has 3 aromatic rings. The van der Waals surface area contributed by atoms with Gasteiger partial charge in [0.25, 0.3) is 0 Å². The zero-order valence-corrected chi connectivity index (χ0v) is 17.2. The molecule has 29 heavy (non-hydrogen) atoms. The highest BCUT2D eigenvalue weighted by Gasteiger charge is 2.41. The van der Waals surface area contributed by atoms with Gasteiger partial charge in [0, 0.05) is 23.5 Å². The van der Waals surface area contributed by atoms with Crippen LogP contribution in [0.15, 0.2) is 72.1 Å². The Morgan fingerprint density at radius 3 is 2.52 bits per heavy atom. The number of benzene rings is 2. The van der Waals surface area contributed by atoms with Gasteiger partial charge < -0.3 is 10.2 Å². The number of thiophene rings is 1. The number of hydrogen-bond donors (Lipinski definition) is 1. The summed E-state index contributed by atoms with van der Waals surface area (Å²) in [6.45, 7) is 2.52. The van der Waals surface area contributed by atoms with E-state index in [2.05, 4.69) is 5.32 Å². The molecule has 1 aromatic heterocycles. The van der Waals surface area contributed by atoms with Crippen molar-refractivity contribution < 1.29 is 9.59 Å². The third-order valence-corrected chi connectivity index (χ3v) is 6.33. The number of anilines is 1. The lowest BCUT2D eigenvalue weighted by Crippen LogP contribution is -2.48. The van der Waals surface area contributed by atoms with Gasteiger partial charge in [0.15, 0.2) is 0 Å². The van der Waals surface area contributed by atoms with Crippen LogP contribution in [0.5, 0.6) is 0 Å². The number of nitrogens with one attached hydrogen (secondary N) is 1. The summed E-state index contributed by atoms with van der Waals surface area (Å²) < 4.78 is 0. The minimum Gasteiger partial charge on any atom is -0.352 e. The maximum absolute atomic E-state index is 13.2. The van der Waals surface area contributed by atoms with Crippen molar-refractivity contribution in [2.75, 3.05) is 4.90 Å². The highest BCUT2D eigenvalue weighted by molar-refractivity contribution is 7.10. The Kier molecular flexibility index (Phi) is 5.76. The first kappa shape index (κ1) is 19.4. The fraction of sp³-hybridized carbons (Fsp3) is 0.250. The Balaban J connectivity index is 1.62. The van der Waals surface area contributed by atoms with Crippen molar-refractivity contribution >= 4 is 28.8 Å². The molecule has 2 amide bonds. The summed E-state index contributed by atoms with van der Waals surface area (Å²) in [6.07, 6.45) is 0.934. The van der Waals surface area contributed by atoms with Crippen molar-refractivity contribution in [3.63, 3.8) is 0 Å². The van der Waals surface area contributed by atoms with E-state index in [0.717, 1.165) is 21.7 Å². The maximum atomic E-state index is 13.2. The molecule has 0 bridgehead atoms. The molecule has 148 valence electrons. The molecule has 1 saturated heterocycles. The fourth-order valence-electron chi connectivity index (χ4n) is 3.88. The predicted octanol–water partition coefficient (Wildman–Crippen LogP) is 4.86. The second kappa shape index (κ2) is 8.62. The summed E-state index contributed by atoms with van der Waals surface area (Å²) >= 11 is 1.59. The lowest BCUT2D eigenvalue weighted by molar-refractivity contribution is -0.129. The summed E-state index contributed by atoms with van der Waals surface area (Å²) in [6, 6.07) is 21.6. The van der Waals surface area contributed by atoms with Gasteiger partial charge in [-0.15, -0.1) is 11.3 Å². The van der Waals surface area contributed by atoms with Gasteiger partial charge in [-0.05, 0) is 42.5 Å². The van der Waals surface area contributed by atoms with E-state index in [1.165, 1.54) is 0 Å². The molecule has 4 nitrogen and oxygen atoms in total. The van der Waals surface area contributed by atoms with Crippen molar-refractivity contribution in [1.29, 1.82) is 0 Å². The maximum Gasteiger partial charge on any atom is 0.227 e. The molecule has 0 saturated carbocycles. The van der Waals surface area contributed by atoms with Gasteiger partial charge in [-0.2, -0.15) is 0 Å². The number of aryl methyl sites for hydroxylation is 1. The first-order valence-electron chi connectivity index (χ1n) is 9.87. The number of amides is 2. The number of rotatable bonds is 5. The van der Waals surface area contributed by atoms with Crippen LogP contribution in [0.3, 0.4) is 0 Å². The van der Waals surface area contributed by atoms with Gasteiger partial charge >= 0.3 is 0 Å². The average molecular weight is 405 g/mol. The van der Waals surface area contributed by atoms with Crippen LogP contribution in [-0.4, -0.2) is 11.8 Å². The Bertz CT molecular complexity index is 968. The lowest BCUT2D eigenvalue weighted by atomic mass is 9.86. The molecule has 2 heterocycles. The van der Waals surface area contributed by atoms with Gasteiger partial charge in [0.2, 0.25) is 11.8 Å². The van der Waals surface area contributed by atoms with E-state index in [9.17, 15) is 9.59 Å². The van der Waals surface area contributed by atoms with Crippen LogP contribution in [0, 0.1) is 12.8 Å². The highest BCUT2D eigenvalue weighted by atomic mass is 32.1. The second-order valence-corrected chi connectivity index (χ2v) is 8.39. The Morgan fingerprint density at radius 1 is 1.07 bits per heavy atom. The normalized spacial score (nSPS) is 19.2. The first-order chi connectivity index (χ1) is 14.1. The molecule has 1 aliphatic heterocycles. The molecular formula is C24H24N2O2S. The van der Waals surface area contributed by atoms with Crippen molar-refractivity contribution in [3.05, 3.63) is 88.1 Å². The molecule has 5 heteroatoms. The van der Waals surface area contributed by atoms with E-state index in [1.54, 1.807) is 11.3 Å². The van der Waals surface area contributed by atoms with Crippen LogP contribution in [0.4, 0.5) is 5.69 Å². The first-order valence-corrected chi connectivity index (χ1v) is 10.8. The Morgan fingerprint density at radius 2 is 1.83 bits per heavy atom. The van der Waals surface area contributed by atoms with Gasteiger partial charge in [-0.1, -0.05) is 54.1 Å². The topological polar surface area (TPSA) is 49.4 Å². The van der Waals surface area contributed by atoms with Crippen LogP contribution < -0.4 is 10.2 Å². The predicted molar refractivity (Wildman–Crippen MR) is 117 cm³/mol. The molecule has 4 rings (SSSR count). The van der Waals surface area contributed by atoms with E-state index < -0.39 is 0 Å². The highest BCUT2D eigenvalue weighted by Crippen LogP contribution is 2.41. The smallest absolute Gasteiger partial charge is 0.227 e. The van der Waals surface area contributed by atoms with E-state index in [-0.39, 0.29) is 23.8 Å². The van der Waals surface area contributed by atoms with E-state index in [4.69, 9.17) is 0 Å². The fourth-order valence-corrected chi connectivity index (χ4v) is 4.76. The summed E-state index contributed by atoms with van der Waals surface area (Å²) in [5.74, 6) is -0.215. The van der Waals surface area contributed by atoms with Crippen LogP contribution in [0.1, 0.15) is 34.9 Å². The molecule has 1 aliphatic rings. The number of carbonyl (C=O) groups excluding carboxylic acids is 2. The summed E-state index contributed by atoms with van der Waals surface area (Å²) in [4.78, 5) is 29.0. The second-order valence-electron chi connectivity index (χ2n) is 7.41. The molecule has 2 aromatic carbocycles. The van der Waals surface area contributed by atoms with Gasteiger partial charge in [-0.25, -0.2) is 0 Å². The van der Waals surface area contributed by atoms with Crippen LogP contribution in [0.25, 0.3) is 0 Å². The van der Waals surface area contributed by atoms with Crippen molar-refractivity contribution in [2.45, 2.75) is 32.4 Å².